The SMILES string of the molecule is COC(=O)C1CCCCN1C(=O)C1(C#N)CC1. The molecule has 1 heterocycles. The number of carbonyl (C=O) groups is 2. The Bertz CT molecular complexity index is 382. The van der Waals surface area contributed by atoms with Gasteiger partial charge in [0.25, 0.3) is 0 Å². The van der Waals surface area contributed by atoms with Gasteiger partial charge >= 0.3 is 5.97 Å². The zero-order chi connectivity index (χ0) is 12.5. The lowest BCUT2D eigenvalue weighted by atomic mass is 9.98. The van der Waals surface area contributed by atoms with Crippen LogP contribution < -0.4 is 0 Å². The van der Waals surface area contributed by atoms with Gasteiger partial charge in [-0.25, -0.2) is 4.79 Å². The number of likely N-dealkylation sites (tertiary alicyclic amines) is 1. The third-order valence-electron chi connectivity index (χ3n) is 3.61. The number of esters is 1. The lowest BCUT2D eigenvalue weighted by Crippen LogP contribution is -2.50. The summed E-state index contributed by atoms with van der Waals surface area (Å²) < 4.78 is 4.72. The maximum atomic E-state index is 12.2. The summed E-state index contributed by atoms with van der Waals surface area (Å²) in [7, 11) is 1.33. The van der Waals surface area contributed by atoms with Gasteiger partial charge in [0.1, 0.15) is 11.5 Å². The van der Waals surface area contributed by atoms with E-state index in [4.69, 9.17) is 10.00 Å². The second-order valence-electron chi connectivity index (χ2n) is 4.73. The Balaban J connectivity index is 2.14. The highest BCUT2D eigenvalue weighted by atomic mass is 16.5. The summed E-state index contributed by atoms with van der Waals surface area (Å²) in [6, 6.07) is 1.59. The van der Waals surface area contributed by atoms with Gasteiger partial charge in [-0.3, -0.25) is 4.79 Å². The van der Waals surface area contributed by atoms with Gasteiger partial charge in [-0.15, -0.1) is 0 Å². The molecular formula is C12H16N2O3. The first kappa shape index (κ1) is 11.9. The number of amides is 1. The van der Waals surface area contributed by atoms with E-state index >= 15 is 0 Å². The summed E-state index contributed by atoms with van der Waals surface area (Å²) in [5, 5.41) is 9.03. The molecule has 92 valence electrons. The maximum Gasteiger partial charge on any atom is 0.328 e. The average Bonchev–Trinajstić information content (AvgIpc) is 3.18. The number of piperidine rings is 1. The van der Waals surface area contributed by atoms with Gasteiger partial charge in [0.15, 0.2) is 0 Å². The van der Waals surface area contributed by atoms with Crippen LogP contribution in [0.15, 0.2) is 0 Å². The van der Waals surface area contributed by atoms with Crippen LogP contribution in [0.1, 0.15) is 32.1 Å². The van der Waals surface area contributed by atoms with Crippen molar-refractivity contribution in [1.29, 1.82) is 5.26 Å². The highest BCUT2D eigenvalue weighted by molar-refractivity contribution is 5.92. The van der Waals surface area contributed by atoms with Gasteiger partial charge in [0.2, 0.25) is 5.91 Å². The molecule has 2 fully saturated rings. The van der Waals surface area contributed by atoms with Crippen molar-refractivity contribution >= 4 is 11.9 Å². The molecule has 1 unspecified atom stereocenters. The Morgan fingerprint density at radius 2 is 2.12 bits per heavy atom. The Hall–Kier alpha value is -1.57. The smallest absolute Gasteiger partial charge is 0.328 e. The summed E-state index contributed by atoms with van der Waals surface area (Å²) in [5.41, 5.74) is -0.844. The number of ether oxygens (including phenoxy) is 1. The van der Waals surface area contributed by atoms with Crippen molar-refractivity contribution in [3.8, 4) is 6.07 Å². The molecule has 0 aromatic carbocycles. The largest absolute Gasteiger partial charge is 0.467 e. The molecule has 0 radical (unpaired) electrons. The molecule has 2 aliphatic rings. The standard InChI is InChI=1S/C12H16N2O3/c1-17-10(15)9-4-2-3-7-14(9)11(16)12(8-13)5-6-12/h9H,2-7H2,1H3. The number of methoxy groups -OCH3 is 1. The van der Waals surface area contributed by atoms with E-state index < -0.39 is 11.5 Å². The van der Waals surface area contributed by atoms with E-state index in [0.717, 1.165) is 12.8 Å². The van der Waals surface area contributed by atoms with Crippen molar-refractivity contribution in [2.75, 3.05) is 13.7 Å². The molecule has 1 aliphatic carbocycles. The molecule has 0 spiro atoms. The van der Waals surface area contributed by atoms with Crippen LogP contribution in [0, 0.1) is 16.7 Å². The Morgan fingerprint density at radius 1 is 1.41 bits per heavy atom. The molecule has 1 aliphatic heterocycles. The highest BCUT2D eigenvalue weighted by Gasteiger charge is 2.54. The number of carbonyl (C=O) groups excluding carboxylic acids is 2. The molecule has 1 saturated carbocycles. The molecule has 17 heavy (non-hydrogen) atoms. The summed E-state index contributed by atoms with van der Waals surface area (Å²) in [6.07, 6.45) is 3.68. The van der Waals surface area contributed by atoms with Gasteiger partial charge in [-0.05, 0) is 32.1 Å². The van der Waals surface area contributed by atoms with E-state index in [0.29, 0.717) is 25.8 Å². The lowest BCUT2D eigenvalue weighted by Gasteiger charge is -2.34. The van der Waals surface area contributed by atoms with Crippen molar-refractivity contribution in [2.45, 2.75) is 38.1 Å². The predicted molar refractivity (Wildman–Crippen MR) is 58.6 cm³/mol. The monoisotopic (exact) mass is 236 g/mol. The molecular weight excluding hydrogens is 220 g/mol. The quantitative estimate of drug-likeness (QED) is 0.666. The van der Waals surface area contributed by atoms with E-state index in [1.54, 1.807) is 4.90 Å². The van der Waals surface area contributed by atoms with Crippen LogP contribution in [-0.4, -0.2) is 36.5 Å². The zero-order valence-corrected chi connectivity index (χ0v) is 9.94. The van der Waals surface area contributed by atoms with Crippen LogP contribution in [-0.2, 0) is 14.3 Å². The molecule has 1 atom stereocenters. The first-order valence-electron chi connectivity index (χ1n) is 5.95. The topological polar surface area (TPSA) is 70.4 Å². The van der Waals surface area contributed by atoms with E-state index in [-0.39, 0.29) is 11.9 Å². The molecule has 1 saturated heterocycles. The minimum Gasteiger partial charge on any atom is -0.467 e. The number of hydrogen-bond donors (Lipinski definition) is 0. The third kappa shape index (κ3) is 1.99. The second kappa shape index (κ2) is 4.36. The molecule has 0 bridgehead atoms. The van der Waals surface area contributed by atoms with E-state index in [1.807, 2.05) is 0 Å². The van der Waals surface area contributed by atoms with Crippen molar-refractivity contribution in [3.05, 3.63) is 0 Å². The first-order chi connectivity index (χ1) is 8.14. The lowest BCUT2D eigenvalue weighted by molar-refractivity contribution is -0.156. The van der Waals surface area contributed by atoms with Crippen LogP contribution in [0.4, 0.5) is 0 Å². The summed E-state index contributed by atoms with van der Waals surface area (Å²) >= 11 is 0. The molecule has 0 aromatic rings. The van der Waals surface area contributed by atoms with Crippen LogP contribution in [0.25, 0.3) is 0 Å². The van der Waals surface area contributed by atoms with Gasteiger partial charge in [0, 0.05) is 6.54 Å². The summed E-state index contributed by atoms with van der Waals surface area (Å²) in [5.74, 6) is -0.554. The van der Waals surface area contributed by atoms with Crippen LogP contribution in [0.3, 0.4) is 0 Å². The van der Waals surface area contributed by atoms with Crippen LogP contribution in [0.5, 0.6) is 0 Å². The Labute approximate surface area is 100 Å². The van der Waals surface area contributed by atoms with Gasteiger partial charge in [-0.1, -0.05) is 0 Å². The van der Waals surface area contributed by atoms with Gasteiger partial charge < -0.3 is 9.64 Å². The summed E-state index contributed by atoms with van der Waals surface area (Å²) in [6.45, 7) is 0.558. The predicted octanol–water partition coefficient (Wildman–Crippen LogP) is 0.844. The van der Waals surface area contributed by atoms with Crippen LogP contribution >= 0.6 is 0 Å². The molecule has 5 nitrogen and oxygen atoms in total. The van der Waals surface area contributed by atoms with Crippen molar-refractivity contribution in [3.63, 3.8) is 0 Å². The molecule has 0 N–H and O–H groups in total. The van der Waals surface area contributed by atoms with E-state index in [2.05, 4.69) is 6.07 Å². The fraction of sp³-hybridized carbons (Fsp3) is 0.750. The van der Waals surface area contributed by atoms with Gasteiger partial charge in [-0.2, -0.15) is 5.26 Å². The van der Waals surface area contributed by atoms with E-state index in [9.17, 15) is 9.59 Å². The Morgan fingerprint density at radius 3 is 2.65 bits per heavy atom. The minimum atomic E-state index is -0.844. The zero-order valence-electron chi connectivity index (χ0n) is 9.94. The fourth-order valence-electron chi connectivity index (χ4n) is 2.33. The van der Waals surface area contributed by atoms with Crippen molar-refractivity contribution in [2.24, 2.45) is 5.41 Å². The molecule has 2 rings (SSSR count). The summed E-state index contributed by atoms with van der Waals surface area (Å²) in [4.78, 5) is 25.4. The normalized spacial score (nSPS) is 25.9. The van der Waals surface area contributed by atoms with E-state index in [1.165, 1.54) is 7.11 Å². The van der Waals surface area contributed by atoms with Crippen LogP contribution in [0.2, 0.25) is 0 Å². The van der Waals surface area contributed by atoms with Crippen molar-refractivity contribution < 1.29 is 14.3 Å². The third-order valence-corrected chi connectivity index (χ3v) is 3.61. The molecule has 0 aromatic heterocycles. The first-order valence-corrected chi connectivity index (χ1v) is 5.95. The average molecular weight is 236 g/mol. The second-order valence-corrected chi connectivity index (χ2v) is 4.73. The number of rotatable bonds is 2. The highest BCUT2D eigenvalue weighted by Crippen LogP contribution is 2.47. The number of nitrogens with zero attached hydrogens (tertiary/aromatic N) is 2. The van der Waals surface area contributed by atoms with Gasteiger partial charge in [0.05, 0.1) is 13.2 Å². The number of hydrogen-bond acceptors (Lipinski definition) is 4. The minimum absolute atomic E-state index is 0.185. The molecule has 5 heteroatoms. The maximum absolute atomic E-state index is 12.2. The van der Waals surface area contributed by atoms with Crippen molar-refractivity contribution in [1.82, 2.24) is 4.90 Å². The number of nitriles is 1. The molecule has 1 amide bonds. The fourth-order valence-corrected chi connectivity index (χ4v) is 2.33. The Kier molecular flexibility index (Phi) is 3.05.